The number of thiazole rings is 1. The van der Waals surface area contributed by atoms with Gasteiger partial charge in [-0.25, -0.2) is 4.99 Å². The van der Waals surface area contributed by atoms with E-state index in [0.29, 0.717) is 26.0 Å². The van der Waals surface area contributed by atoms with E-state index in [4.69, 9.17) is 11.6 Å². The van der Waals surface area contributed by atoms with Crippen LogP contribution in [0.25, 0.3) is 5.57 Å². The summed E-state index contributed by atoms with van der Waals surface area (Å²) in [4.78, 5) is 21.1. The van der Waals surface area contributed by atoms with Crippen molar-refractivity contribution in [3.8, 4) is 5.88 Å². The van der Waals surface area contributed by atoms with Crippen LogP contribution >= 0.6 is 22.9 Å². The summed E-state index contributed by atoms with van der Waals surface area (Å²) in [5.41, 5.74) is 3.03. The first-order chi connectivity index (χ1) is 12.4. The molecule has 7 heteroatoms. The van der Waals surface area contributed by atoms with Crippen LogP contribution in [0.4, 0.5) is 10.8 Å². The molecule has 5 nitrogen and oxygen atoms in total. The third-order valence-corrected chi connectivity index (χ3v) is 5.58. The molecule has 4 rings (SSSR count). The molecule has 2 aromatic carbocycles. The number of carbonyl (C=O) groups excluding carboxylic acids is 1. The number of nitrogens with zero attached hydrogens (tertiary/aromatic N) is 2. The van der Waals surface area contributed by atoms with Crippen LogP contribution in [0.1, 0.15) is 16.0 Å². The van der Waals surface area contributed by atoms with Crippen LogP contribution in [0.5, 0.6) is 5.88 Å². The molecule has 1 aromatic heterocycles. The number of benzene rings is 2. The van der Waals surface area contributed by atoms with Crippen LogP contribution < -0.4 is 15.9 Å². The first-order valence-electron chi connectivity index (χ1n) is 7.90. The predicted molar refractivity (Wildman–Crippen MR) is 103 cm³/mol. The number of para-hydroxylation sites is 1. The number of anilines is 2. The van der Waals surface area contributed by atoms with Gasteiger partial charge in [0.05, 0.1) is 10.9 Å². The second-order valence-electron chi connectivity index (χ2n) is 6.02. The largest absolute Gasteiger partial charge is 0.492 e. The van der Waals surface area contributed by atoms with E-state index < -0.39 is 0 Å². The smallest absolute Gasteiger partial charge is 0.279 e. The third kappa shape index (κ3) is 2.77. The zero-order valence-electron chi connectivity index (χ0n) is 14.0. The highest BCUT2D eigenvalue weighted by Gasteiger charge is 2.25. The Morgan fingerprint density at radius 2 is 1.96 bits per heavy atom. The number of hydrogen-bond donors (Lipinski definition) is 2. The molecule has 2 heterocycles. The lowest BCUT2D eigenvalue weighted by molar-refractivity contribution is -0.112. The molecule has 1 aliphatic rings. The summed E-state index contributed by atoms with van der Waals surface area (Å²) in [5, 5.41) is 15.9. The van der Waals surface area contributed by atoms with Gasteiger partial charge in [-0.3, -0.25) is 4.79 Å². The van der Waals surface area contributed by atoms with E-state index in [1.54, 1.807) is 6.07 Å². The number of halogens is 1. The number of rotatable bonds is 3. The lowest BCUT2D eigenvalue weighted by Gasteiger charge is -2.04. The van der Waals surface area contributed by atoms with E-state index in [-0.39, 0.29) is 11.8 Å². The molecule has 0 saturated carbocycles. The van der Waals surface area contributed by atoms with E-state index >= 15 is 0 Å². The van der Waals surface area contributed by atoms with E-state index in [1.807, 2.05) is 44.2 Å². The Morgan fingerprint density at radius 1 is 1.15 bits per heavy atom. The van der Waals surface area contributed by atoms with Gasteiger partial charge in [-0.15, -0.1) is 0 Å². The summed E-state index contributed by atoms with van der Waals surface area (Å²) in [6.45, 7) is 3.82. The average Bonchev–Trinajstić information content (AvgIpc) is 3.11. The number of aryl methyl sites for hydroxylation is 2. The lowest BCUT2D eigenvalue weighted by Crippen LogP contribution is -2.25. The van der Waals surface area contributed by atoms with Crippen molar-refractivity contribution >= 4 is 45.2 Å². The first kappa shape index (κ1) is 16.8. The number of amides is 1. The number of carbonyl (C=O) groups is 1. The molecule has 3 aromatic rings. The van der Waals surface area contributed by atoms with E-state index in [1.165, 1.54) is 11.3 Å². The monoisotopic (exact) mass is 383 g/mol. The molecule has 0 spiro atoms. The maximum absolute atomic E-state index is 12.4. The second kappa shape index (κ2) is 6.23. The quantitative estimate of drug-likeness (QED) is 0.728. The van der Waals surface area contributed by atoms with Crippen molar-refractivity contribution < 1.29 is 9.90 Å². The minimum Gasteiger partial charge on any atom is -0.492 e. The molecule has 0 fully saturated rings. The van der Waals surface area contributed by atoms with Gasteiger partial charge < -0.3 is 10.4 Å². The van der Waals surface area contributed by atoms with Gasteiger partial charge in [-0.05, 0) is 37.1 Å². The van der Waals surface area contributed by atoms with Gasteiger partial charge in [0.15, 0.2) is 5.13 Å². The van der Waals surface area contributed by atoms with Crippen LogP contribution in [0.3, 0.4) is 0 Å². The third-order valence-electron chi connectivity index (χ3n) is 4.19. The topological polar surface area (TPSA) is 74.6 Å². The maximum Gasteiger partial charge on any atom is 0.279 e. The Balaban J connectivity index is 1.78. The van der Waals surface area contributed by atoms with Crippen molar-refractivity contribution in [2.45, 2.75) is 13.8 Å². The summed E-state index contributed by atoms with van der Waals surface area (Å²) in [6, 6.07) is 11.2. The maximum atomic E-state index is 12.4. The van der Waals surface area contributed by atoms with Gasteiger partial charge in [0.25, 0.3) is 5.91 Å². The van der Waals surface area contributed by atoms with Crippen LogP contribution in [0.2, 0.25) is 5.02 Å². The Morgan fingerprint density at radius 3 is 2.73 bits per heavy atom. The van der Waals surface area contributed by atoms with Crippen molar-refractivity contribution in [3.05, 3.63) is 68.0 Å². The molecular weight excluding hydrogens is 370 g/mol. The molecule has 0 aliphatic carbocycles. The molecule has 26 heavy (non-hydrogen) atoms. The molecular formula is C19H14ClN3O2S. The Bertz CT molecular complexity index is 1180. The minimum atomic E-state index is -0.363. The van der Waals surface area contributed by atoms with Gasteiger partial charge in [0.1, 0.15) is 4.88 Å². The van der Waals surface area contributed by atoms with E-state index in [0.717, 1.165) is 22.0 Å². The molecule has 2 N–H and O–H groups in total. The van der Waals surface area contributed by atoms with E-state index in [2.05, 4.69) is 15.3 Å². The Hall–Kier alpha value is -2.70. The standard InChI is InChI=1S/C19H14ClN3O2S/c1-9-6-7-11(8-13(9)20)21-19-23-18(25)16(26-19)14-12-5-3-4-10(2)15(12)22-17(14)24/h3-8,25H,1-2H3,(H,21,23). The van der Waals surface area contributed by atoms with Gasteiger partial charge in [0.2, 0.25) is 5.88 Å². The number of hydrogen-bond acceptors (Lipinski definition) is 5. The number of aromatic nitrogens is 1. The molecule has 0 bridgehead atoms. The first-order valence-corrected chi connectivity index (χ1v) is 9.10. The molecule has 0 saturated heterocycles. The van der Waals surface area contributed by atoms with Crippen molar-refractivity contribution in [1.82, 2.24) is 4.98 Å². The SMILES string of the molecule is Cc1ccc(Nc2nc(O)c(C3=c4cccc(C)c4=NC3=O)s2)cc1Cl. The zero-order valence-corrected chi connectivity index (χ0v) is 15.6. The Labute approximate surface area is 158 Å². The van der Waals surface area contributed by atoms with E-state index in [9.17, 15) is 9.90 Å². The minimum absolute atomic E-state index is 0.191. The summed E-state index contributed by atoms with van der Waals surface area (Å²) in [7, 11) is 0. The van der Waals surface area contributed by atoms with Crippen molar-refractivity contribution in [1.29, 1.82) is 0 Å². The van der Waals surface area contributed by atoms with Gasteiger partial charge >= 0.3 is 0 Å². The fourth-order valence-electron chi connectivity index (χ4n) is 2.82. The highest BCUT2D eigenvalue weighted by Crippen LogP contribution is 2.35. The van der Waals surface area contributed by atoms with Crippen molar-refractivity contribution in [2.75, 3.05) is 5.32 Å². The number of fused-ring (bicyclic) bond motifs is 1. The Kier molecular flexibility index (Phi) is 4.01. The van der Waals surface area contributed by atoms with Crippen LogP contribution in [-0.4, -0.2) is 16.0 Å². The second-order valence-corrected chi connectivity index (χ2v) is 7.43. The van der Waals surface area contributed by atoms with Crippen LogP contribution in [0, 0.1) is 13.8 Å². The number of aromatic hydroxyl groups is 1. The predicted octanol–water partition coefficient (Wildman–Crippen LogP) is 3.22. The highest BCUT2D eigenvalue weighted by molar-refractivity contribution is 7.17. The molecule has 0 unspecified atom stereocenters. The highest BCUT2D eigenvalue weighted by atomic mass is 35.5. The lowest BCUT2D eigenvalue weighted by atomic mass is 10.1. The summed E-state index contributed by atoms with van der Waals surface area (Å²) < 4.78 is 0. The molecule has 1 aliphatic heterocycles. The van der Waals surface area contributed by atoms with Gasteiger partial charge in [0, 0.05) is 15.9 Å². The van der Waals surface area contributed by atoms with Crippen molar-refractivity contribution in [2.24, 2.45) is 4.99 Å². The van der Waals surface area contributed by atoms with Crippen molar-refractivity contribution in [3.63, 3.8) is 0 Å². The summed E-state index contributed by atoms with van der Waals surface area (Å²) in [6.07, 6.45) is 0. The zero-order chi connectivity index (χ0) is 18.4. The normalized spacial score (nSPS) is 12.9. The molecule has 0 radical (unpaired) electrons. The fourth-order valence-corrected chi connectivity index (χ4v) is 3.93. The van der Waals surface area contributed by atoms with Crippen LogP contribution in [0.15, 0.2) is 41.4 Å². The molecule has 1 amide bonds. The summed E-state index contributed by atoms with van der Waals surface area (Å²) >= 11 is 7.34. The van der Waals surface area contributed by atoms with Crippen LogP contribution in [-0.2, 0) is 4.79 Å². The van der Waals surface area contributed by atoms with Gasteiger partial charge in [-0.2, -0.15) is 4.98 Å². The number of nitrogens with one attached hydrogen (secondary N) is 1. The average molecular weight is 384 g/mol. The van der Waals surface area contributed by atoms with Gasteiger partial charge in [-0.1, -0.05) is 47.2 Å². The molecule has 130 valence electrons. The summed E-state index contributed by atoms with van der Waals surface area (Å²) in [5.74, 6) is -0.554. The fraction of sp³-hybridized carbons (Fsp3) is 0.105. The molecule has 0 atom stereocenters.